The van der Waals surface area contributed by atoms with Crippen LogP contribution in [0.1, 0.15) is 38.3 Å². The van der Waals surface area contributed by atoms with Crippen LogP contribution in [0.15, 0.2) is 18.2 Å². The van der Waals surface area contributed by atoms with Gasteiger partial charge in [-0.15, -0.1) is 0 Å². The van der Waals surface area contributed by atoms with Crippen molar-refractivity contribution in [3.63, 3.8) is 0 Å². The van der Waals surface area contributed by atoms with Crippen molar-refractivity contribution in [3.8, 4) is 0 Å². The molecule has 1 saturated heterocycles. The zero-order valence-corrected chi connectivity index (χ0v) is 12.1. The highest BCUT2D eigenvalue weighted by Gasteiger charge is 2.30. The highest BCUT2D eigenvalue weighted by atomic mass is 15.2. The fourth-order valence-corrected chi connectivity index (χ4v) is 3.31. The highest BCUT2D eigenvalue weighted by Crippen LogP contribution is 2.35. The molecule has 3 atom stereocenters. The summed E-state index contributed by atoms with van der Waals surface area (Å²) < 4.78 is 0. The van der Waals surface area contributed by atoms with E-state index in [1.807, 2.05) is 0 Å². The van der Waals surface area contributed by atoms with Crippen LogP contribution in [-0.2, 0) is 6.54 Å². The summed E-state index contributed by atoms with van der Waals surface area (Å²) in [6.45, 7) is 11.1. The van der Waals surface area contributed by atoms with Crippen LogP contribution in [0.5, 0.6) is 0 Å². The Morgan fingerprint density at radius 1 is 1.28 bits per heavy atom. The molecule has 0 spiro atoms. The minimum atomic E-state index is 0.604. The lowest BCUT2D eigenvalue weighted by atomic mass is 9.85. The number of nitrogens with two attached hydrogens (primary N) is 1. The maximum absolute atomic E-state index is 5.91. The van der Waals surface area contributed by atoms with Crippen molar-refractivity contribution in [2.45, 2.75) is 46.7 Å². The van der Waals surface area contributed by atoms with Crippen molar-refractivity contribution < 1.29 is 0 Å². The van der Waals surface area contributed by atoms with Gasteiger partial charge in [-0.3, -0.25) is 0 Å². The zero-order valence-electron chi connectivity index (χ0n) is 12.1. The first-order valence-corrected chi connectivity index (χ1v) is 7.09. The Labute approximate surface area is 111 Å². The smallest absolute Gasteiger partial charge is 0.0444 e. The van der Waals surface area contributed by atoms with Gasteiger partial charge in [0.25, 0.3) is 0 Å². The van der Waals surface area contributed by atoms with Gasteiger partial charge >= 0.3 is 0 Å². The quantitative estimate of drug-likeness (QED) is 0.867. The van der Waals surface area contributed by atoms with Gasteiger partial charge in [0.2, 0.25) is 0 Å². The Hall–Kier alpha value is -1.02. The third-order valence-corrected chi connectivity index (χ3v) is 4.43. The van der Waals surface area contributed by atoms with Gasteiger partial charge in [0.15, 0.2) is 0 Å². The van der Waals surface area contributed by atoms with Crippen LogP contribution in [0, 0.1) is 18.8 Å². The number of aryl methyl sites for hydroxylation is 1. The van der Waals surface area contributed by atoms with E-state index in [2.05, 4.69) is 50.8 Å². The average Bonchev–Trinajstić information content (AvgIpc) is 2.33. The van der Waals surface area contributed by atoms with E-state index in [1.54, 1.807) is 0 Å². The summed E-state index contributed by atoms with van der Waals surface area (Å²) in [4.78, 5) is 2.58. The average molecular weight is 246 g/mol. The Morgan fingerprint density at radius 2 is 2.00 bits per heavy atom. The molecule has 0 aliphatic carbocycles. The van der Waals surface area contributed by atoms with Crippen LogP contribution in [0.25, 0.3) is 0 Å². The number of nitrogens with zero attached hydrogens (tertiary/aromatic N) is 1. The molecule has 1 aliphatic heterocycles. The summed E-state index contributed by atoms with van der Waals surface area (Å²) in [5.74, 6) is 1.51. The maximum Gasteiger partial charge on any atom is 0.0444 e. The lowest BCUT2D eigenvalue weighted by molar-refractivity contribution is 0.296. The topological polar surface area (TPSA) is 29.3 Å². The van der Waals surface area contributed by atoms with Crippen LogP contribution in [0.4, 0.5) is 5.69 Å². The monoisotopic (exact) mass is 246 g/mol. The van der Waals surface area contributed by atoms with Gasteiger partial charge in [0, 0.05) is 24.8 Å². The van der Waals surface area contributed by atoms with E-state index in [9.17, 15) is 0 Å². The molecule has 1 fully saturated rings. The van der Waals surface area contributed by atoms with Crippen molar-refractivity contribution in [1.82, 2.24) is 0 Å². The van der Waals surface area contributed by atoms with Gasteiger partial charge in [0.05, 0.1) is 0 Å². The Kier molecular flexibility index (Phi) is 3.96. The second-order valence-electron chi connectivity index (χ2n) is 6.00. The molecule has 18 heavy (non-hydrogen) atoms. The summed E-state index contributed by atoms with van der Waals surface area (Å²) >= 11 is 0. The minimum absolute atomic E-state index is 0.604. The van der Waals surface area contributed by atoms with Crippen molar-refractivity contribution >= 4 is 5.69 Å². The summed E-state index contributed by atoms with van der Waals surface area (Å²) in [6.07, 6.45) is 1.33. The standard InChI is InChI=1S/C16H26N2/c1-11-8-13(3)14(4)18(10-11)16-12(2)6-5-7-15(16)9-17/h5-7,11,13-14H,8-10,17H2,1-4H3. The van der Waals surface area contributed by atoms with Crippen molar-refractivity contribution in [2.75, 3.05) is 11.4 Å². The van der Waals surface area contributed by atoms with Crippen molar-refractivity contribution in [1.29, 1.82) is 0 Å². The summed E-state index contributed by atoms with van der Waals surface area (Å²) in [5, 5.41) is 0. The summed E-state index contributed by atoms with van der Waals surface area (Å²) in [7, 11) is 0. The third-order valence-electron chi connectivity index (χ3n) is 4.43. The Bertz CT molecular complexity index is 414. The second kappa shape index (κ2) is 5.31. The summed E-state index contributed by atoms with van der Waals surface area (Å²) in [5.41, 5.74) is 9.93. The van der Waals surface area contributed by atoms with E-state index in [0.717, 1.165) is 18.4 Å². The van der Waals surface area contributed by atoms with E-state index >= 15 is 0 Å². The molecule has 0 aromatic heterocycles. The predicted molar refractivity (Wildman–Crippen MR) is 78.8 cm³/mol. The molecule has 1 aromatic carbocycles. The van der Waals surface area contributed by atoms with Gasteiger partial charge in [-0.05, 0) is 43.2 Å². The van der Waals surface area contributed by atoms with Crippen LogP contribution < -0.4 is 10.6 Å². The first-order valence-electron chi connectivity index (χ1n) is 7.09. The van der Waals surface area contributed by atoms with E-state index in [1.165, 1.54) is 23.2 Å². The molecule has 1 aromatic rings. The van der Waals surface area contributed by atoms with E-state index in [-0.39, 0.29) is 0 Å². The lowest BCUT2D eigenvalue weighted by Gasteiger charge is -2.44. The molecule has 0 radical (unpaired) electrons. The SMILES string of the molecule is Cc1cccc(CN)c1N1CC(C)CC(C)C1C. The van der Waals surface area contributed by atoms with Crippen LogP contribution in [-0.4, -0.2) is 12.6 Å². The molecule has 2 N–H and O–H groups in total. The molecule has 2 heteroatoms. The van der Waals surface area contributed by atoms with Crippen LogP contribution >= 0.6 is 0 Å². The van der Waals surface area contributed by atoms with Gasteiger partial charge in [-0.1, -0.05) is 32.0 Å². The number of piperidine rings is 1. The molecule has 3 unspecified atom stereocenters. The molecule has 1 heterocycles. The molecule has 0 saturated carbocycles. The highest BCUT2D eigenvalue weighted by molar-refractivity contribution is 5.60. The minimum Gasteiger partial charge on any atom is -0.368 e. The number of benzene rings is 1. The van der Waals surface area contributed by atoms with E-state index in [4.69, 9.17) is 5.73 Å². The van der Waals surface area contributed by atoms with Gasteiger partial charge < -0.3 is 10.6 Å². The molecule has 0 amide bonds. The number of hydrogen-bond donors (Lipinski definition) is 1. The number of anilines is 1. The normalized spacial score (nSPS) is 28.5. The summed E-state index contributed by atoms with van der Waals surface area (Å²) in [6, 6.07) is 7.08. The maximum atomic E-state index is 5.91. The van der Waals surface area contributed by atoms with Gasteiger partial charge in [-0.25, -0.2) is 0 Å². The van der Waals surface area contributed by atoms with Gasteiger partial charge in [-0.2, -0.15) is 0 Å². The molecular formula is C16H26N2. The van der Waals surface area contributed by atoms with E-state index in [0.29, 0.717) is 12.6 Å². The number of hydrogen-bond acceptors (Lipinski definition) is 2. The molecule has 100 valence electrons. The largest absolute Gasteiger partial charge is 0.368 e. The molecule has 2 nitrogen and oxygen atoms in total. The fourth-order valence-electron chi connectivity index (χ4n) is 3.31. The van der Waals surface area contributed by atoms with Gasteiger partial charge in [0.1, 0.15) is 0 Å². The third kappa shape index (κ3) is 2.39. The molecule has 1 aliphatic rings. The zero-order chi connectivity index (χ0) is 13.3. The Morgan fingerprint density at radius 3 is 2.67 bits per heavy atom. The first-order chi connectivity index (χ1) is 8.54. The number of para-hydroxylation sites is 1. The predicted octanol–water partition coefficient (Wildman–Crippen LogP) is 3.32. The first kappa shape index (κ1) is 13.4. The molecular weight excluding hydrogens is 220 g/mol. The van der Waals surface area contributed by atoms with Crippen LogP contribution in [0.3, 0.4) is 0 Å². The Balaban J connectivity index is 2.40. The molecule has 2 rings (SSSR count). The number of rotatable bonds is 2. The second-order valence-corrected chi connectivity index (χ2v) is 6.00. The van der Waals surface area contributed by atoms with Crippen molar-refractivity contribution in [2.24, 2.45) is 17.6 Å². The van der Waals surface area contributed by atoms with Crippen molar-refractivity contribution in [3.05, 3.63) is 29.3 Å². The van der Waals surface area contributed by atoms with Crippen LogP contribution in [0.2, 0.25) is 0 Å². The molecule has 0 bridgehead atoms. The van der Waals surface area contributed by atoms with E-state index < -0.39 is 0 Å². The lowest BCUT2D eigenvalue weighted by Crippen LogP contribution is -2.46. The fraction of sp³-hybridized carbons (Fsp3) is 0.625.